The lowest BCUT2D eigenvalue weighted by molar-refractivity contribution is -0.138. The summed E-state index contributed by atoms with van der Waals surface area (Å²) in [5.41, 5.74) is 3.86. The molecule has 0 atom stereocenters. The van der Waals surface area contributed by atoms with Crippen molar-refractivity contribution in [2.75, 3.05) is 31.1 Å². The van der Waals surface area contributed by atoms with Crippen LogP contribution in [0.3, 0.4) is 0 Å². The number of carboxylic acid groups (broad SMARTS) is 1. The van der Waals surface area contributed by atoms with Gasteiger partial charge in [0.15, 0.2) is 0 Å². The van der Waals surface area contributed by atoms with E-state index >= 15 is 0 Å². The van der Waals surface area contributed by atoms with E-state index in [1.807, 2.05) is 35.2 Å². The third kappa shape index (κ3) is 6.65. The van der Waals surface area contributed by atoms with Crippen molar-refractivity contribution in [3.05, 3.63) is 89.6 Å². The zero-order chi connectivity index (χ0) is 29.0. The molecule has 3 aromatic carbocycles. The Kier molecular flexibility index (Phi) is 8.19. The number of halogens is 3. The standard InChI is InChI=1S/C31H29F3N4O3/c32-31(33,34)23-9-6-10-24(20-23)37-15-17-38(18-16-37)30(41)22-13-14-25-27(19-22)35-26(11-4-5-12-28(39)40)29(36-25)21-7-2-1-3-8-21/h1-3,6-10,13-14,19-20H,4-5,11-12,15-18H2,(H,39,40). The lowest BCUT2D eigenvalue weighted by Crippen LogP contribution is -2.48. The number of fused-ring (bicyclic) bond motifs is 1. The molecular weight excluding hydrogens is 533 g/mol. The van der Waals surface area contributed by atoms with Gasteiger partial charge < -0.3 is 14.9 Å². The van der Waals surface area contributed by atoms with Crippen LogP contribution in [0.2, 0.25) is 0 Å². The lowest BCUT2D eigenvalue weighted by atomic mass is 10.0. The number of piperazine rings is 1. The topological polar surface area (TPSA) is 86.6 Å². The molecule has 212 valence electrons. The zero-order valence-corrected chi connectivity index (χ0v) is 22.3. The van der Waals surface area contributed by atoms with Crippen LogP contribution in [0, 0.1) is 0 Å². The molecule has 1 aromatic heterocycles. The average molecular weight is 563 g/mol. The highest BCUT2D eigenvalue weighted by atomic mass is 19.4. The van der Waals surface area contributed by atoms with Crippen LogP contribution in [-0.4, -0.2) is 58.0 Å². The van der Waals surface area contributed by atoms with Crippen molar-refractivity contribution in [1.82, 2.24) is 14.9 Å². The van der Waals surface area contributed by atoms with Gasteiger partial charge in [0.25, 0.3) is 5.91 Å². The fraction of sp³-hybridized carbons (Fsp3) is 0.290. The molecule has 4 aromatic rings. The number of carbonyl (C=O) groups is 2. The molecule has 0 saturated carbocycles. The molecular formula is C31H29F3N4O3. The number of benzene rings is 3. The third-order valence-corrected chi connectivity index (χ3v) is 7.19. The molecule has 41 heavy (non-hydrogen) atoms. The van der Waals surface area contributed by atoms with Crippen LogP contribution in [0.25, 0.3) is 22.3 Å². The molecule has 1 saturated heterocycles. The van der Waals surface area contributed by atoms with E-state index in [-0.39, 0.29) is 12.3 Å². The summed E-state index contributed by atoms with van der Waals surface area (Å²) in [4.78, 5) is 37.6. The van der Waals surface area contributed by atoms with E-state index in [0.717, 1.165) is 29.1 Å². The molecule has 5 rings (SSSR count). The summed E-state index contributed by atoms with van der Waals surface area (Å²) in [6, 6.07) is 20.1. The Labute approximate surface area is 235 Å². The predicted molar refractivity (Wildman–Crippen MR) is 150 cm³/mol. The molecule has 1 aliphatic heterocycles. The lowest BCUT2D eigenvalue weighted by Gasteiger charge is -2.36. The number of alkyl halides is 3. The van der Waals surface area contributed by atoms with Crippen molar-refractivity contribution in [2.24, 2.45) is 0 Å². The Morgan fingerprint density at radius 3 is 2.29 bits per heavy atom. The van der Waals surface area contributed by atoms with Crippen LogP contribution >= 0.6 is 0 Å². The Hall–Kier alpha value is -4.47. The smallest absolute Gasteiger partial charge is 0.416 e. The maximum Gasteiger partial charge on any atom is 0.416 e. The highest BCUT2D eigenvalue weighted by molar-refractivity contribution is 5.97. The number of rotatable bonds is 8. The summed E-state index contributed by atoms with van der Waals surface area (Å²) in [6.07, 6.45) is -2.61. The Bertz CT molecular complexity index is 1550. The predicted octanol–water partition coefficient (Wildman–Crippen LogP) is 6.08. The van der Waals surface area contributed by atoms with Crippen LogP contribution in [-0.2, 0) is 17.4 Å². The molecule has 1 aliphatic rings. The van der Waals surface area contributed by atoms with E-state index < -0.39 is 17.7 Å². The molecule has 0 unspecified atom stereocenters. The third-order valence-electron chi connectivity index (χ3n) is 7.19. The zero-order valence-electron chi connectivity index (χ0n) is 22.3. The number of carbonyl (C=O) groups excluding carboxylic acids is 1. The summed E-state index contributed by atoms with van der Waals surface area (Å²) in [5, 5.41) is 8.98. The Balaban J connectivity index is 1.33. The van der Waals surface area contributed by atoms with Crippen molar-refractivity contribution in [1.29, 1.82) is 0 Å². The summed E-state index contributed by atoms with van der Waals surface area (Å²) in [7, 11) is 0. The highest BCUT2D eigenvalue weighted by Gasteiger charge is 2.31. The van der Waals surface area contributed by atoms with Gasteiger partial charge in [-0.15, -0.1) is 0 Å². The van der Waals surface area contributed by atoms with Crippen molar-refractivity contribution in [3.8, 4) is 11.3 Å². The van der Waals surface area contributed by atoms with Gasteiger partial charge in [0.2, 0.25) is 0 Å². The molecule has 2 heterocycles. The minimum absolute atomic E-state index is 0.0847. The Morgan fingerprint density at radius 1 is 0.829 bits per heavy atom. The fourth-order valence-electron chi connectivity index (χ4n) is 5.02. The quantitative estimate of drug-likeness (QED) is 0.262. The number of hydrogen-bond donors (Lipinski definition) is 1. The second-order valence-electron chi connectivity index (χ2n) is 10.0. The molecule has 1 fully saturated rings. The largest absolute Gasteiger partial charge is 0.481 e. The number of aryl methyl sites for hydroxylation is 1. The van der Waals surface area contributed by atoms with Crippen LogP contribution < -0.4 is 4.90 Å². The maximum absolute atomic E-state index is 13.4. The number of amides is 1. The summed E-state index contributed by atoms with van der Waals surface area (Å²) < 4.78 is 39.4. The molecule has 0 aliphatic carbocycles. The van der Waals surface area contributed by atoms with Crippen molar-refractivity contribution in [2.45, 2.75) is 31.9 Å². The molecule has 0 radical (unpaired) electrons. The number of hydrogen-bond acceptors (Lipinski definition) is 5. The van der Waals surface area contributed by atoms with Crippen LogP contribution in [0.5, 0.6) is 0 Å². The van der Waals surface area contributed by atoms with Gasteiger partial charge >= 0.3 is 12.1 Å². The van der Waals surface area contributed by atoms with Gasteiger partial charge in [-0.1, -0.05) is 36.4 Å². The van der Waals surface area contributed by atoms with Gasteiger partial charge in [-0.2, -0.15) is 13.2 Å². The van der Waals surface area contributed by atoms with Gasteiger partial charge in [0.1, 0.15) is 0 Å². The van der Waals surface area contributed by atoms with Gasteiger partial charge in [0.05, 0.1) is 28.0 Å². The number of aromatic nitrogens is 2. The summed E-state index contributed by atoms with van der Waals surface area (Å²) >= 11 is 0. The molecule has 1 N–H and O–H groups in total. The highest BCUT2D eigenvalue weighted by Crippen LogP contribution is 2.32. The summed E-state index contributed by atoms with van der Waals surface area (Å²) in [6.45, 7) is 1.59. The first-order valence-corrected chi connectivity index (χ1v) is 13.5. The van der Waals surface area contributed by atoms with Crippen LogP contribution in [0.1, 0.15) is 40.9 Å². The Morgan fingerprint density at radius 2 is 1.59 bits per heavy atom. The van der Waals surface area contributed by atoms with Crippen LogP contribution in [0.15, 0.2) is 72.8 Å². The van der Waals surface area contributed by atoms with Crippen molar-refractivity contribution in [3.63, 3.8) is 0 Å². The van der Waals surface area contributed by atoms with E-state index in [1.54, 1.807) is 29.2 Å². The SMILES string of the molecule is O=C(O)CCCCc1nc2cc(C(=O)N3CCN(c4cccc(C(F)(F)F)c4)CC3)ccc2nc1-c1ccccc1. The number of aliphatic carboxylic acids is 1. The maximum atomic E-state index is 13.4. The second kappa shape index (κ2) is 12.0. The molecule has 0 spiro atoms. The second-order valence-corrected chi connectivity index (χ2v) is 10.0. The van der Waals surface area contributed by atoms with Gasteiger partial charge in [-0.05, 0) is 55.7 Å². The first-order valence-electron chi connectivity index (χ1n) is 13.5. The van der Waals surface area contributed by atoms with E-state index in [9.17, 15) is 22.8 Å². The van der Waals surface area contributed by atoms with E-state index in [2.05, 4.69) is 0 Å². The van der Waals surface area contributed by atoms with Gasteiger partial charge in [-0.3, -0.25) is 9.59 Å². The van der Waals surface area contributed by atoms with Crippen LogP contribution in [0.4, 0.5) is 18.9 Å². The first-order chi connectivity index (χ1) is 19.7. The monoisotopic (exact) mass is 562 g/mol. The number of carboxylic acids is 1. The van der Waals surface area contributed by atoms with Gasteiger partial charge in [-0.25, -0.2) is 9.97 Å². The molecule has 10 heteroatoms. The van der Waals surface area contributed by atoms with E-state index in [0.29, 0.717) is 67.7 Å². The van der Waals surface area contributed by atoms with Gasteiger partial charge in [0, 0.05) is 49.4 Å². The average Bonchev–Trinajstić information content (AvgIpc) is 2.98. The number of nitrogens with zero attached hydrogens (tertiary/aromatic N) is 4. The molecule has 7 nitrogen and oxygen atoms in total. The molecule has 0 bridgehead atoms. The number of unbranched alkanes of at least 4 members (excludes halogenated alkanes) is 1. The minimum Gasteiger partial charge on any atom is -0.481 e. The number of anilines is 1. The normalized spacial score (nSPS) is 13.9. The van der Waals surface area contributed by atoms with Crippen molar-refractivity contribution < 1.29 is 27.9 Å². The van der Waals surface area contributed by atoms with E-state index in [1.165, 1.54) is 6.07 Å². The van der Waals surface area contributed by atoms with E-state index in [4.69, 9.17) is 15.1 Å². The summed E-state index contributed by atoms with van der Waals surface area (Å²) in [5.74, 6) is -1.01. The first kappa shape index (κ1) is 28.1. The van der Waals surface area contributed by atoms with Crippen molar-refractivity contribution >= 4 is 28.6 Å². The minimum atomic E-state index is -4.41. The molecule has 1 amide bonds. The fourth-order valence-corrected chi connectivity index (χ4v) is 5.02.